The van der Waals surface area contributed by atoms with Gasteiger partial charge in [-0.2, -0.15) is 26.0 Å². The van der Waals surface area contributed by atoms with Gasteiger partial charge in [-0.25, -0.2) is 8.42 Å². The Morgan fingerprint density at radius 1 is 0.459 bits per heavy atom. The smallest absolute Gasteiger partial charge is 0.442 e. The third-order valence-electron chi connectivity index (χ3n) is 9.26. The number of rotatable bonds is 14. The Morgan fingerprint density at radius 2 is 0.787 bits per heavy atom. The Labute approximate surface area is 354 Å². The summed E-state index contributed by atoms with van der Waals surface area (Å²) in [5, 5.41) is -11.1. The van der Waals surface area contributed by atoms with Gasteiger partial charge in [-0.1, -0.05) is 83.9 Å². The molecule has 1 N–H and O–H groups in total. The van der Waals surface area contributed by atoms with Crippen molar-refractivity contribution in [2.45, 2.75) is 39.0 Å². The predicted octanol–water partition coefficient (Wildman–Crippen LogP) is 13.0. The Kier molecular flexibility index (Phi) is 12.0. The molecule has 7 aromatic rings. The molecule has 0 spiro atoms. The molecule has 15 heteroatoms. The van der Waals surface area contributed by atoms with Gasteiger partial charge in [0.05, 0.1) is 14.7 Å². The van der Waals surface area contributed by atoms with Crippen molar-refractivity contribution in [3.63, 3.8) is 0 Å². The van der Waals surface area contributed by atoms with E-state index in [4.69, 9.17) is 18.8 Å². The van der Waals surface area contributed by atoms with Crippen LogP contribution in [0.4, 0.5) is 17.6 Å². The molecule has 0 atom stereocenters. The van der Waals surface area contributed by atoms with Crippen molar-refractivity contribution in [3.8, 4) is 56.8 Å². The molecule has 8 nitrogen and oxygen atoms in total. The van der Waals surface area contributed by atoms with Crippen molar-refractivity contribution in [2.75, 3.05) is 0 Å². The number of thioether (sulfide) groups is 1. The van der Waals surface area contributed by atoms with E-state index in [2.05, 4.69) is 0 Å². The van der Waals surface area contributed by atoms with Crippen LogP contribution in [0, 0.1) is 13.8 Å². The minimum Gasteiger partial charge on any atom is -0.457 e. The summed E-state index contributed by atoms with van der Waals surface area (Å²) in [6.45, 7) is 3.83. The van der Waals surface area contributed by atoms with Gasteiger partial charge in [0.1, 0.15) is 34.5 Å². The molecular weight excluding hydrogens is 853 g/mol. The van der Waals surface area contributed by atoms with E-state index in [9.17, 15) is 34.4 Å². The summed E-state index contributed by atoms with van der Waals surface area (Å²) in [4.78, 5) is -0.220. The van der Waals surface area contributed by atoms with Gasteiger partial charge in [0, 0.05) is 6.07 Å². The first-order chi connectivity index (χ1) is 28.9. The van der Waals surface area contributed by atoms with Crippen LogP contribution in [0.25, 0.3) is 22.3 Å². The Bertz CT molecular complexity index is 2870. The number of hydrogen-bond donors (Lipinski definition) is 1. The van der Waals surface area contributed by atoms with Crippen molar-refractivity contribution in [1.82, 2.24) is 0 Å². The van der Waals surface area contributed by atoms with E-state index < -0.39 is 47.1 Å². The van der Waals surface area contributed by atoms with E-state index >= 15 is 0 Å². The summed E-state index contributed by atoms with van der Waals surface area (Å²) in [7, 11) is -10.2. The summed E-state index contributed by atoms with van der Waals surface area (Å²) in [5.41, 5.74) is 5.37. The molecule has 7 rings (SSSR count). The summed E-state index contributed by atoms with van der Waals surface area (Å²) in [6, 6.07) is 44.5. The molecule has 0 radical (unpaired) electrons. The lowest BCUT2D eigenvalue weighted by Crippen LogP contribution is -2.44. The molecule has 0 aliphatic rings. The normalized spacial score (nSPS) is 12.2. The van der Waals surface area contributed by atoms with Crippen LogP contribution in [0.2, 0.25) is 0 Å². The minimum atomic E-state index is -6.48. The van der Waals surface area contributed by atoms with Gasteiger partial charge >= 0.3 is 20.6 Å². The third kappa shape index (κ3) is 9.76. The molecule has 0 aliphatic heterocycles. The van der Waals surface area contributed by atoms with Crippen LogP contribution >= 0.6 is 11.8 Å². The third-order valence-corrected chi connectivity index (χ3v) is 13.2. The molecule has 0 unspecified atom stereocenters. The first-order valence-electron chi connectivity index (χ1n) is 18.3. The maximum atomic E-state index is 14.8. The monoisotopic (exact) mass is 886 g/mol. The lowest BCUT2D eigenvalue weighted by Gasteiger charge is -2.24. The van der Waals surface area contributed by atoms with Gasteiger partial charge in [0.2, 0.25) is 9.84 Å². The standard InChI is InChI=1S/C46H34F4O8S3/c1-30-3-7-32(8-4-30)33-13-19-39(20-14-33)58-43-29-40(23-28-44(43)59-45(47,48)46(49,50)61(53,54)55)57-37-17-11-35(12-18-37)34-9-15-36(16-10-34)56-38-21-26-42(27-22-38)60(51,52)41-24-5-31(2)6-25-41/h3-29H,1-2H3,(H,53,54,55). The summed E-state index contributed by atoms with van der Waals surface area (Å²) >= 11 is -0.790. The fourth-order valence-electron chi connectivity index (χ4n) is 5.90. The molecule has 7 aromatic carbocycles. The predicted molar refractivity (Wildman–Crippen MR) is 226 cm³/mol. The Hall–Kier alpha value is -6.13. The molecule has 0 bridgehead atoms. The fraction of sp³-hybridized carbons (Fsp3) is 0.0870. The number of hydrogen-bond acceptors (Lipinski definition) is 8. The minimum absolute atomic E-state index is 0.0792. The van der Waals surface area contributed by atoms with E-state index in [-0.39, 0.29) is 27.0 Å². The topological polar surface area (TPSA) is 116 Å². The summed E-state index contributed by atoms with van der Waals surface area (Å²) in [6.07, 6.45) is 0. The average Bonchev–Trinajstić information content (AvgIpc) is 3.23. The van der Waals surface area contributed by atoms with Gasteiger partial charge in [-0.15, -0.1) is 0 Å². The van der Waals surface area contributed by atoms with Crippen LogP contribution in [-0.2, 0) is 20.0 Å². The first-order valence-corrected chi connectivity index (χ1v) is 22.0. The SMILES string of the molecule is Cc1ccc(-c2ccc(Oc3cc(Oc4ccc(-c5ccc(Oc6ccc(S(=O)(=O)c7ccc(C)cc7)cc6)cc5)cc4)ccc3SC(F)(F)C(F)(F)S(=O)(=O)O)cc2)cc1. The molecule has 0 aliphatic carbocycles. The number of aryl methyl sites for hydroxylation is 2. The number of halogens is 4. The largest absolute Gasteiger partial charge is 0.457 e. The second kappa shape index (κ2) is 17.1. The average molecular weight is 887 g/mol. The zero-order valence-corrected chi connectivity index (χ0v) is 34.6. The maximum absolute atomic E-state index is 14.8. The van der Waals surface area contributed by atoms with Gasteiger partial charge in [0.15, 0.2) is 0 Å². The van der Waals surface area contributed by atoms with Gasteiger partial charge in [-0.05, 0) is 133 Å². The van der Waals surface area contributed by atoms with Gasteiger partial charge in [0.25, 0.3) is 0 Å². The Balaban J connectivity index is 1.05. The van der Waals surface area contributed by atoms with Gasteiger partial charge in [-0.3, -0.25) is 4.55 Å². The number of ether oxygens (including phenoxy) is 3. The highest BCUT2D eigenvalue weighted by Crippen LogP contribution is 2.52. The van der Waals surface area contributed by atoms with Crippen LogP contribution in [-0.4, -0.2) is 31.9 Å². The Morgan fingerprint density at radius 3 is 1.21 bits per heavy atom. The second-order valence-electron chi connectivity index (χ2n) is 13.8. The van der Waals surface area contributed by atoms with Crippen molar-refractivity contribution >= 4 is 31.7 Å². The quantitative estimate of drug-likeness (QED) is 0.0647. The van der Waals surface area contributed by atoms with E-state index in [1.807, 2.05) is 50.2 Å². The van der Waals surface area contributed by atoms with E-state index in [0.717, 1.165) is 39.4 Å². The zero-order valence-electron chi connectivity index (χ0n) is 32.1. The van der Waals surface area contributed by atoms with Crippen molar-refractivity contribution in [1.29, 1.82) is 0 Å². The molecule has 0 amide bonds. The first kappa shape index (κ1) is 43.0. The van der Waals surface area contributed by atoms with Crippen molar-refractivity contribution in [2.24, 2.45) is 0 Å². The highest BCUT2D eigenvalue weighted by molar-refractivity contribution is 8.01. The van der Waals surface area contributed by atoms with Crippen LogP contribution in [0.1, 0.15) is 11.1 Å². The van der Waals surface area contributed by atoms with E-state index in [0.29, 0.717) is 17.2 Å². The van der Waals surface area contributed by atoms with Crippen LogP contribution in [0.5, 0.6) is 34.5 Å². The van der Waals surface area contributed by atoms with E-state index in [1.165, 1.54) is 24.3 Å². The molecular formula is C46H34F4O8S3. The molecule has 0 aromatic heterocycles. The number of sulfone groups is 1. The lowest BCUT2D eigenvalue weighted by atomic mass is 10.0. The molecule has 0 saturated carbocycles. The highest BCUT2D eigenvalue weighted by atomic mass is 32.2. The maximum Gasteiger partial charge on any atom is 0.442 e. The van der Waals surface area contributed by atoms with Crippen LogP contribution < -0.4 is 14.2 Å². The summed E-state index contributed by atoms with van der Waals surface area (Å²) in [5.74, 6) is 1.17. The highest BCUT2D eigenvalue weighted by Gasteiger charge is 2.66. The van der Waals surface area contributed by atoms with Crippen LogP contribution in [0.15, 0.2) is 178 Å². The van der Waals surface area contributed by atoms with Crippen molar-refractivity contribution in [3.05, 3.63) is 175 Å². The van der Waals surface area contributed by atoms with Crippen LogP contribution in [0.3, 0.4) is 0 Å². The lowest BCUT2D eigenvalue weighted by molar-refractivity contribution is -0.0946. The molecule has 0 heterocycles. The number of benzene rings is 7. The second-order valence-corrected chi connectivity index (χ2v) is 18.3. The zero-order chi connectivity index (χ0) is 43.6. The van der Waals surface area contributed by atoms with Crippen molar-refractivity contribution < 1.29 is 53.2 Å². The molecule has 0 fully saturated rings. The van der Waals surface area contributed by atoms with E-state index in [1.54, 1.807) is 97.1 Å². The molecule has 61 heavy (non-hydrogen) atoms. The number of alkyl halides is 4. The van der Waals surface area contributed by atoms with Gasteiger partial charge < -0.3 is 14.2 Å². The summed E-state index contributed by atoms with van der Waals surface area (Å²) < 4.78 is 133. The molecule has 0 saturated heterocycles. The fourth-order valence-corrected chi connectivity index (χ4v) is 8.63. The molecule has 312 valence electrons.